The number of nitrogens with two attached hydrogens (primary N) is 1. The van der Waals surface area contributed by atoms with Gasteiger partial charge in [0, 0.05) is 5.92 Å². The van der Waals surface area contributed by atoms with Gasteiger partial charge in [-0.25, -0.2) is 18.4 Å². The second-order valence-electron chi connectivity index (χ2n) is 6.67. The summed E-state index contributed by atoms with van der Waals surface area (Å²) < 4.78 is 28.3. The summed E-state index contributed by atoms with van der Waals surface area (Å²) in [6, 6.07) is 19.2. The van der Waals surface area contributed by atoms with Crippen LogP contribution >= 0.6 is 0 Å². The monoisotopic (exact) mass is 410 g/mol. The zero-order valence-corrected chi connectivity index (χ0v) is 16.0. The summed E-state index contributed by atoms with van der Waals surface area (Å²) in [5.41, 5.74) is 4.25. The van der Waals surface area contributed by atoms with E-state index in [1.807, 2.05) is 48.5 Å². The van der Waals surface area contributed by atoms with E-state index < -0.39 is 16.1 Å². The number of phenolic OH excluding ortho intramolecular Hbond substituents is 1. The lowest BCUT2D eigenvalue weighted by atomic mass is 9.98. The lowest BCUT2D eigenvalue weighted by Gasteiger charge is -2.15. The van der Waals surface area contributed by atoms with Crippen molar-refractivity contribution in [2.45, 2.75) is 10.8 Å². The number of benzene rings is 3. The molecule has 0 spiro atoms. The molecule has 0 atom stereocenters. The van der Waals surface area contributed by atoms with Crippen LogP contribution in [-0.2, 0) is 14.8 Å². The Labute approximate surface area is 167 Å². The second kappa shape index (κ2) is 7.23. The zero-order chi connectivity index (χ0) is 20.6. The third-order valence-corrected chi connectivity index (χ3v) is 5.79. The van der Waals surface area contributed by atoms with Gasteiger partial charge in [0.05, 0.1) is 10.6 Å². The van der Waals surface area contributed by atoms with Crippen molar-refractivity contribution in [1.82, 2.24) is 0 Å². The van der Waals surface area contributed by atoms with Crippen molar-refractivity contribution in [2.75, 3.05) is 11.9 Å². The number of anilines is 1. The molecule has 7 nitrogen and oxygen atoms in total. The van der Waals surface area contributed by atoms with Gasteiger partial charge in [-0.3, -0.25) is 5.32 Å². The van der Waals surface area contributed by atoms with E-state index in [1.54, 1.807) is 0 Å². The fourth-order valence-electron chi connectivity index (χ4n) is 3.54. The molecule has 1 aliphatic rings. The Kier molecular flexibility index (Phi) is 4.73. The molecule has 0 saturated carbocycles. The lowest BCUT2D eigenvalue weighted by Crippen LogP contribution is -2.18. The van der Waals surface area contributed by atoms with Gasteiger partial charge in [-0.1, -0.05) is 48.5 Å². The molecule has 3 aromatic rings. The summed E-state index contributed by atoms with van der Waals surface area (Å²) >= 11 is 0. The predicted molar refractivity (Wildman–Crippen MR) is 108 cm³/mol. The van der Waals surface area contributed by atoms with Gasteiger partial charge >= 0.3 is 6.09 Å². The van der Waals surface area contributed by atoms with Crippen LogP contribution in [0.3, 0.4) is 0 Å². The third-order valence-electron chi connectivity index (χ3n) is 4.88. The number of hydrogen-bond donors (Lipinski definition) is 3. The largest absolute Gasteiger partial charge is 0.506 e. The SMILES string of the molecule is NS(=O)(=O)c1ccc(O)c(NC(=O)OCC2c3ccccc3-c3ccccc32)c1. The molecule has 4 N–H and O–H groups in total. The first-order valence-corrected chi connectivity index (χ1v) is 10.4. The maximum atomic E-state index is 12.3. The Balaban J connectivity index is 1.51. The van der Waals surface area contributed by atoms with Crippen LogP contribution in [-0.4, -0.2) is 26.2 Å². The Morgan fingerprint density at radius 3 is 2.17 bits per heavy atom. The molecule has 3 aromatic carbocycles. The average molecular weight is 410 g/mol. The fraction of sp³-hybridized carbons (Fsp3) is 0.0952. The first kappa shape index (κ1) is 19.0. The molecule has 148 valence electrons. The van der Waals surface area contributed by atoms with Crippen molar-refractivity contribution >= 4 is 21.8 Å². The minimum absolute atomic E-state index is 0.0928. The number of nitrogens with one attached hydrogen (secondary N) is 1. The van der Waals surface area contributed by atoms with E-state index in [9.17, 15) is 18.3 Å². The first-order chi connectivity index (χ1) is 13.8. The van der Waals surface area contributed by atoms with E-state index >= 15 is 0 Å². The number of phenols is 1. The Bertz CT molecular complexity index is 1160. The Hall–Kier alpha value is -3.36. The quantitative estimate of drug-likeness (QED) is 0.570. The molecule has 1 aliphatic carbocycles. The number of rotatable bonds is 4. The van der Waals surface area contributed by atoms with Gasteiger partial charge in [0.15, 0.2) is 0 Å². The van der Waals surface area contributed by atoms with Gasteiger partial charge in [-0.05, 0) is 40.5 Å². The van der Waals surface area contributed by atoms with Crippen LogP contribution in [0.25, 0.3) is 11.1 Å². The van der Waals surface area contributed by atoms with Crippen molar-refractivity contribution < 1.29 is 23.1 Å². The first-order valence-electron chi connectivity index (χ1n) is 8.82. The minimum atomic E-state index is -3.97. The van der Waals surface area contributed by atoms with E-state index in [0.717, 1.165) is 40.5 Å². The molecule has 8 heteroatoms. The number of ether oxygens (including phenoxy) is 1. The number of aromatic hydroxyl groups is 1. The normalized spacial score (nSPS) is 12.9. The highest BCUT2D eigenvalue weighted by molar-refractivity contribution is 7.89. The zero-order valence-electron chi connectivity index (χ0n) is 15.2. The molecule has 0 aliphatic heterocycles. The summed E-state index contributed by atoms with van der Waals surface area (Å²) in [7, 11) is -3.97. The molecule has 0 unspecified atom stereocenters. The average Bonchev–Trinajstić information content (AvgIpc) is 3.01. The topological polar surface area (TPSA) is 119 Å². The van der Waals surface area contributed by atoms with Gasteiger partial charge in [-0.2, -0.15) is 0 Å². The van der Waals surface area contributed by atoms with Gasteiger partial charge < -0.3 is 9.84 Å². The summed E-state index contributed by atoms with van der Waals surface area (Å²) in [5, 5.41) is 17.3. The molecule has 0 bridgehead atoms. The lowest BCUT2D eigenvalue weighted by molar-refractivity contribution is 0.158. The summed E-state index contributed by atoms with van der Waals surface area (Å²) in [6.45, 7) is 0.0928. The van der Waals surface area contributed by atoms with Crippen LogP contribution in [0.2, 0.25) is 0 Å². The van der Waals surface area contributed by atoms with E-state index in [1.165, 1.54) is 0 Å². The van der Waals surface area contributed by atoms with Gasteiger partial charge in [0.25, 0.3) is 0 Å². The van der Waals surface area contributed by atoms with Crippen LogP contribution in [0.15, 0.2) is 71.6 Å². The number of fused-ring (bicyclic) bond motifs is 3. The molecule has 0 radical (unpaired) electrons. The number of hydrogen-bond acceptors (Lipinski definition) is 5. The number of carbonyl (C=O) groups is 1. The van der Waals surface area contributed by atoms with Crippen LogP contribution in [0.5, 0.6) is 5.75 Å². The molecule has 0 fully saturated rings. The smallest absolute Gasteiger partial charge is 0.411 e. The minimum Gasteiger partial charge on any atom is -0.506 e. The maximum absolute atomic E-state index is 12.3. The molecule has 0 heterocycles. The molecular weight excluding hydrogens is 392 g/mol. The standard InChI is InChI=1S/C21H18N2O5S/c22-29(26,27)13-9-10-20(24)19(11-13)23-21(25)28-12-18-16-7-3-1-5-14(16)15-6-2-4-8-17(15)18/h1-11,18,24H,12H2,(H,23,25)(H2,22,26,27). The van der Waals surface area contributed by atoms with Crippen LogP contribution in [0.4, 0.5) is 10.5 Å². The van der Waals surface area contributed by atoms with E-state index in [0.29, 0.717) is 0 Å². The second-order valence-corrected chi connectivity index (χ2v) is 8.24. The highest BCUT2D eigenvalue weighted by Gasteiger charge is 2.29. The molecule has 0 saturated heterocycles. The van der Waals surface area contributed by atoms with Crippen molar-refractivity contribution in [3.05, 3.63) is 77.9 Å². The molecule has 29 heavy (non-hydrogen) atoms. The maximum Gasteiger partial charge on any atom is 0.411 e. The third kappa shape index (κ3) is 3.67. The van der Waals surface area contributed by atoms with Crippen molar-refractivity contribution in [3.8, 4) is 16.9 Å². The molecule has 0 aromatic heterocycles. The van der Waals surface area contributed by atoms with Crippen molar-refractivity contribution in [2.24, 2.45) is 5.14 Å². The van der Waals surface area contributed by atoms with E-state index in [2.05, 4.69) is 5.32 Å². The van der Waals surface area contributed by atoms with Crippen LogP contribution < -0.4 is 10.5 Å². The van der Waals surface area contributed by atoms with Crippen molar-refractivity contribution in [1.29, 1.82) is 0 Å². The van der Waals surface area contributed by atoms with E-state index in [4.69, 9.17) is 9.88 Å². The highest BCUT2D eigenvalue weighted by Crippen LogP contribution is 2.44. The molecule has 4 rings (SSSR count). The highest BCUT2D eigenvalue weighted by atomic mass is 32.2. The van der Waals surface area contributed by atoms with E-state index in [-0.39, 0.29) is 28.9 Å². The van der Waals surface area contributed by atoms with Gasteiger partial charge in [-0.15, -0.1) is 0 Å². The summed E-state index contributed by atoms with van der Waals surface area (Å²) in [6.07, 6.45) is -0.811. The van der Waals surface area contributed by atoms with Crippen molar-refractivity contribution in [3.63, 3.8) is 0 Å². The number of carbonyl (C=O) groups excluding carboxylic acids is 1. The fourth-order valence-corrected chi connectivity index (χ4v) is 4.08. The Morgan fingerprint density at radius 1 is 1.00 bits per heavy atom. The summed E-state index contributed by atoms with van der Waals surface area (Å²) in [4.78, 5) is 12.0. The van der Waals surface area contributed by atoms with Gasteiger partial charge in [0.1, 0.15) is 12.4 Å². The van der Waals surface area contributed by atoms with Crippen LogP contribution in [0.1, 0.15) is 17.0 Å². The number of primary sulfonamides is 1. The number of sulfonamides is 1. The molecule has 1 amide bonds. The van der Waals surface area contributed by atoms with Gasteiger partial charge in [0.2, 0.25) is 10.0 Å². The molecular formula is C21H18N2O5S. The predicted octanol–water partition coefficient (Wildman–Crippen LogP) is 3.40. The number of amides is 1. The Morgan fingerprint density at radius 2 is 1.59 bits per heavy atom. The van der Waals surface area contributed by atoms with Crippen LogP contribution in [0, 0.1) is 0 Å². The summed E-state index contributed by atoms with van der Waals surface area (Å²) in [5.74, 6) is -0.414.